The van der Waals surface area contributed by atoms with Crippen LogP contribution in [0.1, 0.15) is 91.7 Å². The van der Waals surface area contributed by atoms with Crippen molar-refractivity contribution in [2.24, 2.45) is 0 Å². The molecule has 15 nitrogen and oxygen atoms in total. The van der Waals surface area contributed by atoms with Gasteiger partial charge in [0.05, 0.1) is 17.4 Å². The molecule has 2 heterocycles. The van der Waals surface area contributed by atoms with Crippen molar-refractivity contribution < 1.29 is 57.9 Å². The Morgan fingerprint density at radius 3 is 2.40 bits per heavy atom. The van der Waals surface area contributed by atoms with Crippen molar-refractivity contribution in [2.45, 2.75) is 134 Å². The second kappa shape index (κ2) is 14.2. The van der Waals surface area contributed by atoms with Gasteiger partial charge < -0.3 is 49.4 Å². The Labute approximate surface area is 303 Å². The molecule has 1 saturated heterocycles. The lowest BCUT2D eigenvalue weighted by molar-refractivity contribution is -0.175. The minimum atomic E-state index is -1.33. The molecular formula is C37H51N3O12. The van der Waals surface area contributed by atoms with E-state index >= 15 is 0 Å². The van der Waals surface area contributed by atoms with Gasteiger partial charge in [-0.25, -0.2) is 9.59 Å². The first kappa shape index (κ1) is 38.9. The Morgan fingerprint density at radius 1 is 1.04 bits per heavy atom. The number of nitrogens with zero attached hydrogens (tertiary/aromatic N) is 1. The molecule has 0 radical (unpaired) electrons. The maximum Gasteiger partial charge on any atom is 0.408 e. The van der Waals surface area contributed by atoms with Crippen LogP contribution >= 0.6 is 0 Å². The molecule has 1 aromatic rings. The van der Waals surface area contributed by atoms with Crippen LogP contribution in [0.25, 0.3) is 0 Å². The zero-order chi connectivity index (χ0) is 38.4. The summed E-state index contributed by atoms with van der Waals surface area (Å²) in [6, 6.07) is 2.05. The van der Waals surface area contributed by atoms with Gasteiger partial charge in [0.2, 0.25) is 5.91 Å². The summed E-state index contributed by atoms with van der Waals surface area (Å²) in [5, 5.41) is 28.0. The van der Waals surface area contributed by atoms with Gasteiger partial charge in [-0.3, -0.25) is 14.4 Å². The molecule has 6 atom stereocenters. The first-order chi connectivity index (χ1) is 24.1. The van der Waals surface area contributed by atoms with Crippen LogP contribution in [-0.2, 0) is 50.0 Å². The Kier molecular flexibility index (Phi) is 10.6. The van der Waals surface area contributed by atoms with E-state index in [2.05, 4.69) is 15.5 Å². The number of amides is 2. The third-order valence-corrected chi connectivity index (χ3v) is 9.90. The van der Waals surface area contributed by atoms with Crippen LogP contribution in [0.3, 0.4) is 0 Å². The van der Waals surface area contributed by atoms with Crippen molar-refractivity contribution in [3.8, 4) is 11.5 Å². The van der Waals surface area contributed by atoms with Gasteiger partial charge in [-0.05, 0) is 99.0 Å². The highest BCUT2D eigenvalue weighted by atomic mass is 16.6. The topological polar surface area (TPSA) is 199 Å². The molecule has 0 aromatic heterocycles. The third kappa shape index (κ3) is 7.70. The number of phenolic OH excluding ortho intramolecular Hbond substituents is 1. The van der Waals surface area contributed by atoms with E-state index in [0.717, 1.165) is 11.1 Å². The zero-order valence-electron chi connectivity index (χ0n) is 31.1. The minimum absolute atomic E-state index is 0.0581. The number of nitrogens with one attached hydrogen (secondary N) is 2. The smallest absolute Gasteiger partial charge is 0.408 e. The largest absolute Gasteiger partial charge is 0.504 e. The number of carbonyl (C=O) groups is 5. The summed E-state index contributed by atoms with van der Waals surface area (Å²) in [7, 11) is 1.97. The number of likely N-dealkylation sites (tertiary alicyclic amines) is 1. The number of rotatable bonds is 11. The molecule has 1 spiro atoms. The van der Waals surface area contributed by atoms with Crippen LogP contribution in [0.15, 0.2) is 24.0 Å². The quantitative estimate of drug-likeness (QED) is 0.192. The highest BCUT2D eigenvalue weighted by Crippen LogP contribution is 2.65. The molecule has 0 unspecified atom stereocenters. The molecule has 1 aromatic carbocycles. The number of piperidine rings is 1. The van der Waals surface area contributed by atoms with Gasteiger partial charge in [-0.2, -0.15) is 0 Å². The molecule has 286 valence electrons. The number of esters is 3. The number of likely N-dealkylation sites (N-methyl/N-ethyl adjacent to an activating group) is 1. The molecule has 52 heavy (non-hydrogen) atoms. The lowest BCUT2D eigenvalue weighted by Crippen LogP contribution is -2.74. The van der Waals surface area contributed by atoms with Gasteiger partial charge in [0.25, 0.3) is 0 Å². The number of aliphatic hydroxyl groups is 1. The van der Waals surface area contributed by atoms with Gasteiger partial charge in [0.15, 0.2) is 23.7 Å². The molecule has 2 bridgehead atoms. The Morgan fingerprint density at radius 2 is 1.73 bits per heavy atom. The third-order valence-electron chi connectivity index (χ3n) is 9.90. The minimum Gasteiger partial charge on any atom is -0.504 e. The normalized spacial score (nSPS) is 25.7. The van der Waals surface area contributed by atoms with Crippen molar-refractivity contribution in [2.75, 3.05) is 20.1 Å². The SMILES string of the molecule is C[C@H](OC(=O)CCNC(=O)[C@H](CCC(=O)OC(C)(C)C)NC(=O)OC(C)(C)C)C(=O)OC1=CC[C@@]2(O)[C@H]3Cc4ccc(O)c5c4[C@@]2(CCN3C)[C@H]1O5. The Balaban J connectivity index is 1.17. The molecule has 5 rings (SSSR count). The summed E-state index contributed by atoms with van der Waals surface area (Å²) in [6.07, 6.45) is -0.731. The summed E-state index contributed by atoms with van der Waals surface area (Å²) < 4.78 is 28.0. The summed E-state index contributed by atoms with van der Waals surface area (Å²) in [5.74, 6) is -2.49. The van der Waals surface area contributed by atoms with E-state index in [1.165, 1.54) is 6.92 Å². The molecular weight excluding hydrogens is 678 g/mol. The van der Waals surface area contributed by atoms with Crippen LogP contribution in [0.5, 0.6) is 11.5 Å². The molecule has 4 N–H and O–H groups in total. The Bertz CT molecular complexity index is 1640. The summed E-state index contributed by atoms with van der Waals surface area (Å²) in [4.78, 5) is 65.8. The standard InChI is InChI=1S/C37H51N3O12/c1-20(48-26(42)14-17-38-31(44)22(39-33(46)52-35(5,6)7)10-12-27(43)51-34(2,3)4)32(45)49-24-13-15-37(47)25-19-21-9-11-23(41)29-28(21)36(37,30(24)50-29)16-18-40(25)8/h9,11,13,20,22,25,30,41,47H,10,12,14-19H2,1-8H3,(H,38,44)(H,39,46)/t20-,22-,25+,30-,36-,37+/m0/s1. The van der Waals surface area contributed by atoms with Crippen LogP contribution in [0.4, 0.5) is 4.79 Å². The number of hydrogen-bond acceptors (Lipinski definition) is 13. The molecule has 1 fully saturated rings. The number of ether oxygens (including phenoxy) is 5. The molecule has 4 aliphatic rings. The number of benzene rings is 1. The van der Waals surface area contributed by atoms with E-state index < -0.39 is 70.4 Å². The number of aromatic hydroxyl groups is 1. The maximum atomic E-state index is 13.3. The molecule has 15 heteroatoms. The fourth-order valence-electron chi connectivity index (χ4n) is 7.73. The highest BCUT2D eigenvalue weighted by molar-refractivity contribution is 5.87. The predicted octanol–water partition coefficient (Wildman–Crippen LogP) is 2.67. The average molecular weight is 730 g/mol. The van der Waals surface area contributed by atoms with E-state index in [4.69, 9.17) is 23.7 Å². The van der Waals surface area contributed by atoms with E-state index in [0.29, 0.717) is 19.4 Å². The molecule has 0 saturated carbocycles. The maximum absolute atomic E-state index is 13.3. The molecule has 2 aliphatic carbocycles. The predicted molar refractivity (Wildman–Crippen MR) is 184 cm³/mol. The van der Waals surface area contributed by atoms with Crippen molar-refractivity contribution in [3.63, 3.8) is 0 Å². The molecule has 2 amide bonds. The van der Waals surface area contributed by atoms with Gasteiger partial charge in [-0.1, -0.05) is 6.07 Å². The lowest BCUT2D eigenvalue weighted by atomic mass is 9.50. The van der Waals surface area contributed by atoms with E-state index in [9.17, 15) is 34.2 Å². The number of alkyl carbamates (subject to hydrolysis) is 1. The number of hydrogen-bond donors (Lipinski definition) is 4. The zero-order valence-corrected chi connectivity index (χ0v) is 31.1. The average Bonchev–Trinajstić information content (AvgIpc) is 3.38. The van der Waals surface area contributed by atoms with Crippen molar-refractivity contribution in [1.29, 1.82) is 0 Å². The van der Waals surface area contributed by atoms with Crippen molar-refractivity contribution >= 4 is 29.9 Å². The monoisotopic (exact) mass is 729 g/mol. The molecule has 2 aliphatic heterocycles. The van der Waals surface area contributed by atoms with Gasteiger partial charge in [0.1, 0.15) is 23.0 Å². The summed E-state index contributed by atoms with van der Waals surface area (Å²) >= 11 is 0. The summed E-state index contributed by atoms with van der Waals surface area (Å²) in [5.41, 5.74) is -2.02. The lowest BCUT2D eigenvalue weighted by Gasteiger charge is -2.61. The van der Waals surface area contributed by atoms with E-state index in [1.54, 1.807) is 53.7 Å². The van der Waals surface area contributed by atoms with Crippen LogP contribution in [0.2, 0.25) is 0 Å². The Hall–Kier alpha value is -4.37. The van der Waals surface area contributed by atoms with Gasteiger partial charge in [0, 0.05) is 31.0 Å². The van der Waals surface area contributed by atoms with Crippen LogP contribution in [0, 0.1) is 0 Å². The first-order valence-electron chi connectivity index (χ1n) is 17.7. The highest BCUT2D eigenvalue weighted by Gasteiger charge is 2.72. The van der Waals surface area contributed by atoms with E-state index in [-0.39, 0.29) is 55.5 Å². The van der Waals surface area contributed by atoms with E-state index in [1.807, 2.05) is 13.1 Å². The van der Waals surface area contributed by atoms with Crippen molar-refractivity contribution in [1.82, 2.24) is 15.5 Å². The number of phenols is 1. The van der Waals surface area contributed by atoms with Gasteiger partial charge in [-0.15, -0.1) is 0 Å². The number of carbonyl (C=O) groups excluding carboxylic acids is 5. The fourth-order valence-corrected chi connectivity index (χ4v) is 7.73. The van der Waals surface area contributed by atoms with Gasteiger partial charge >= 0.3 is 24.0 Å². The van der Waals surface area contributed by atoms with Crippen LogP contribution < -0.4 is 15.4 Å². The van der Waals surface area contributed by atoms with Crippen LogP contribution in [-0.4, -0.2) is 106 Å². The first-order valence-corrected chi connectivity index (χ1v) is 17.7. The fraction of sp³-hybridized carbons (Fsp3) is 0.649. The second-order valence-electron chi connectivity index (χ2n) is 16.0. The summed E-state index contributed by atoms with van der Waals surface area (Å²) in [6.45, 7) is 12.0. The van der Waals surface area contributed by atoms with Crippen molar-refractivity contribution in [3.05, 3.63) is 35.1 Å². The second-order valence-corrected chi connectivity index (χ2v) is 16.0.